The Morgan fingerprint density at radius 2 is 2.10 bits per heavy atom. The number of aromatic amines is 1. The van der Waals surface area contributed by atoms with Gasteiger partial charge in [-0.05, 0) is 12.8 Å². The zero-order valence-electron chi connectivity index (χ0n) is 12.5. The van der Waals surface area contributed by atoms with Gasteiger partial charge in [0.1, 0.15) is 17.8 Å². The maximum atomic E-state index is 12.3. The zero-order chi connectivity index (χ0) is 15.6. The molecule has 0 aliphatic rings. The lowest BCUT2D eigenvalue weighted by Crippen LogP contribution is -2.34. The molecule has 2 N–H and O–H groups in total. The minimum atomic E-state index is -0.336. The van der Waals surface area contributed by atoms with E-state index in [1.165, 1.54) is 18.5 Å². The first-order valence-corrected chi connectivity index (χ1v) is 6.74. The van der Waals surface area contributed by atoms with Crippen molar-refractivity contribution >= 4 is 5.91 Å². The third kappa shape index (κ3) is 3.36. The van der Waals surface area contributed by atoms with Gasteiger partial charge in [0, 0.05) is 24.9 Å². The van der Waals surface area contributed by atoms with Crippen LogP contribution >= 0.6 is 0 Å². The largest absolute Gasteiger partial charge is 0.354 e. The number of amides is 1. The highest BCUT2D eigenvalue weighted by Gasteiger charge is 2.23. The number of carbonyl (C=O) groups is 1. The molecule has 2 aromatic heterocycles. The number of nitrogens with zero attached hydrogens (tertiary/aromatic N) is 3. The second kappa shape index (κ2) is 5.90. The first kappa shape index (κ1) is 15.0. The predicted octanol–water partition coefficient (Wildman–Crippen LogP) is 0.939. The van der Waals surface area contributed by atoms with E-state index in [0.29, 0.717) is 11.5 Å². The number of carbonyl (C=O) groups excluding carboxylic acids is 1. The summed E-state index contributed by atoms with van der Waals surface area (Å²) in [6.45, 7) is 5.71. The van der Waals surface area contributed by atoms with Gasteiger partial charge in [-0.2, -0.15) is 5.10 Å². The molecular formula is C14H19N5O2. The summed E-state index contributed by atoms with van der Waals surface area (Å²) in [5.41, 5.74) is 0.691. The average molecular weight is 289 g/mol. The highest BCUT2D eigenvalue weighted by Crippen LogP contribution is 2.19. The van der Waals surface area contributed by atoms with Crippen molar-refractivity contribution in [3.05, 3.63) is 45.9 Å². The molecule has 1 atom stereocenters. The van der Waals surface area contributed by atoms with Crippen molar-refractivity contribution in [3.63, 3.8) is 0 Å². The lowest BCUT2D eigenvalue weighted by Gasteiger charge is -2.21. The Balaban J connectivity index is 2.27. The SMILES string of the molecule is Cc1cc(=O)cc(C(=O)NC(c2ncnn2C)C(C)C)[nH]1. The normalized spacial score (nSPS) is 12.4. The summed E-state index contributed by atoms with van der Waals surface area (Å²) < 4.78 is 1.63. The number of aryl methyl sites for hydroxylation is 2. The smallest absolute Gasteiger partial charge is 0.268 e. The lowest BCUT2D eigenvalue weighted by atomic mass is 10.0. The molecule has 0 aliphatic carbocycles. The molecule has 0 bridgehead atoms. The number of hydrogen-bond acceptors (Lipinski definition) is 4. The Kier molecular flexibility index (Phi) is 4.21. The Morgan fingerprint density at radius 3 is 2.62 bits per heavy atom. The van der Waals surface area contributed by atoms with Crippen LogP contribution in [-0.4, -0.2) is 25.7 Å². The van der Waals surface area contributed by atoms with Crippen molar-refractivity contribution in [2.24, 2.45) is 13.0 Å². The molecule has 0 spiro atoms. The van der Waals surface area contributed by atoms with Gasteiger partial charge in [-0.25, -0.2) is 4.98 Å². The van der Waals surface area contributed by atoms with Gasteiger partial charge in [0.05, 0.1) is 6.04 Å². The maximum Gasteiger partial charge on any atom is 0.268 e. The Morgan fingerprint density at radius 1 is 1.38 bits per heavy atom. The summed E-state index contributed by atoms with van der Waals surface area (Å²) >= 11 is 0. The summed E-state index contributed by atoms with van der Waals surface area (Å²) in [4.78, 5) is 30.9. The van der Waals surface area contributed by atoms with Gasteiger partial charge < -0.3 is 10.3 Å². The van der Waals surface area contributed by atoms with E-state index in [2.05, 4.69) is 20.4 Å². The fraction of sp³-hybridized carbons (Fsp3) is 0.429. The van der Waals surface area contributed by atoms with Gasteiger partial charge in [-0.15, -0.1) is 0 Å². The quantitative estimate of drug-likeness (QED) is 0.876. The molecule has 0 aromatic carbocycles. The molecule has 0 aliphatic heterocycles. The molecule has 2 heterocycles. The molecular weight excluding hydrogens is 270 g/mol. The zero-order valence-corrected chi connectivity index (χ0v) is 12.5. The highest BCUT2D eigenvalue weighted by molar-refractivity contribution is 5.92. The van der Waals surface area contributed by atoms with Gasteiger partial charge in [0.2, 0.25) is 0 Å². The molecule has 0 saturated carbocycles. The van der Waals surface area contributed by atoms with Crippen LogP contribution in [0.3, 0.4) is 0 Å². The number of pyridine rings is 1. The molecule has 112 valence electrons. The number of aromatic nitrogens is 4. The number of H-pyrrole nitrogens is 1. The second-order valence-electron chi connectivity index (χ2n) is 5.35. The fourth-order valence-corrected chi connectivity index (χ4v) is 2.14. The lowest BCUT2D eigenvalue weighted by molar-refractivity contribution is 0.0916. The van der Waals surface area contributed by atoms with Crippen LogP contribution in [0, 0.1) is 12.8 Å². The Bertz CT molecular complexity index is 701. The van der Waals surface area contributed by atoms with E-state index in [9.17, 15) is 9.59 Å². The minimum Gasteiger partial charge on any atom is -0.354 e. The average Bonchev–Trinajstić information content (AvgIpc) is 2.80. The van der Waals surface area contributed by atoms with Crippen LogP contribution in [-0.2, 0) is 7.05 Å². The van der Waals surface area contributed by atoms with Crippen molar-refractivity contribution in [2.45, 2.75) is 26.8 Å². The van der Waals surface area contributed by atoms with Gasteiger partial charge >= 0.3 is 0 Å². The van der Waals surface area contributed by atoms with Crippen molar-refractivity contribution in [1.29, 1.82) is 0 Å². The third-order valence-corrected chi connectivity index (χ3v) is 3.20. The van der Waals surface area contributed by atoms with Gasteiger partial charge in [0.25, 0.3) is 5.91 Å². The number of rotatable bonds is 4. The van der Waals surface area contributed by atoms with E-state index in [1.54, 1.807) is 18.7 Å². The highest BCUT2D eigenvalue weighted by atomic mass is 16.2. The van der Waals surface area contributed by atoms with E-state index in [0.717, 1.165) is 0 Å². The molecule has 2 rings (SSSR count). The van der Waals surface area contributed by atoms with Gasteiger partial charge in [-0.3, -0.25) is 14.3 Å². The van der Waals surface area contributed by atoms with Crippen molar-refractivity contribution < 1.29 is 4.79 Å². The molecule has 0 fully saturated rings. The van der Waals surface area contributed by atoms with Crippen LogP contribution in [0.1, 0.15) is 41.9 Å². The molecule has 1 unspecified atom stereocenters. The summed E-state index contributed by atoms with van der Waals surface area (Å²) in [6.07, 6.45) is 1.45. The van der Waals surface area contributed by atoms with Crippen LogP contribution in [0.25, 0.3) is 0 Å². The first-order chi connectivity index (χ1) is 9.88. The Labute approximate surface area is 122 Å². The fourth-order valence-electron chi connectivity index (χ4n) is 2.14. The van der Waals surface area contributed by atoms with E-state index in [-0.39, 0.29) is 29.0 Å². The van der Waals surface area contributed by atoms with Crippen LogP contribution in [0.4, 0.5) is 0 Å². The van der Waals surface area contributed by atoms with Crippen molar-refractivity contribution in [2.75, 3.05) is 0 Å². The topological polar surface area (TPSA) is 92.7 Å². The molecule has 7 heteroatoms. The van der Waals surface area contributed by atoms with Crippen LogP contribution in [0.2, 0.25) is 0 Å². The van der Waals surface area contributed by atoms with Crippen molar-refractivity contribution in [3.8, 4) is 0 Å². The third-order valence-electron chi connectivity index (χ3n) is 3.20. The van der Waals surface area contributed by atoms with E-state index in [1.807, 2.05) is 13.8 Å². The van der Waals surface area contributed by atoms with Gasteiger partial charge in [-0.1, -0.05) is 13.8 Å². The molecule has 7 nitrogen and oxygen atoms in total. The molecule has 21 heavy (non-hydrogen) atoms. The standard InChI is InChI=1S/C14H19N5O2/c1-8(2)12(13-15-7-16-19(13)4)18-14(21)11-6-10(20)5-9(3)17-11/h5-8,12H,1-4H3,(H,17,20)(H,18,21). The van der Waals surface area contributed by atoms with E-state index >= 15 is 0 Å². The number of hydrogen-bond donors (Lipinski definition) is 2. The van der Waals surface area contributed by atoms with E-state index < -0.39 is 0 Å². The van der Waals surface area contributed by atoms with E-state index in [4.69, 9.17) is 0 Å². The number of nitrogens with one attached hydrogen (secondary N) is 2. The van der Waals surface area contributed by atoms with Gasteiger partial charge in [0.15, 0.2) is 5.43 Å². The minimum absolute atomic E-state index is 0.133. The van der Waals surface area contributed by atoms with Crippen LogP contribution < -0.4 is 10.7 Å². The van der Waals surface area contributed by atoms with Crippen LogP contribution in [0.5, 0.6) is 0 Å². The summed E-state index contributed by atoms with van der Waals surface area (Å²) in [5, 5.41) is 6.92. The van der Waals surface area contributed by atoms with Crippen molar-refractivity contribution in [1.82, 2.24) is 25.1 Å². The summed E-state index contributed by atoms with van der Waals surface area (Å²) in [7, 11) is 1.78. The Hall–Kier alpha value is -2.44. The first-order valence-electron chi connectivity index (χ1n) is 6.74. The maximum absolute atomic E-state index is 12.3. The second-order valence-corrected chi connectivity index (χ2v) is 5.35. The molecule has 0 radical (unpaired) electrons. The predicted molar refractivity (Wildman–Crippen MR) is 77.8 cm³/mol. The molecule has 2 aromatic rings. The summed E-state index contributed by atoms with van der Waals surface area (Å²) in [6, 6.07) is 2.45. The monoisotopic (exact) mass is 289 g/mol. The summed E-state index contributed by atoms with van der Waals surface area (Å²) in [5.74, 6) is 0.472. The molecule has 1 amide bonds. The van der Waals surface area contributed by atoms with Crippen LogP contribution in [0.15, 0.2) is 23.3 Å². The molecule has 0 saturated heterocycles.